The number of methoxy groups -OCH3 is 1. The largest absolute Gasteiger partial charge is 0.491 e. The summed E-state index contributed by atoms with van der Waals surface area (Å²) in [6, 6.07) is 12.7. The van der Waals surface area contributed by atoms with Crippen molar-refractivity contribution in [3.63, 3.8) is 0 Å². The van der Waals surface area contributed by atoms with Gasteiger partial charge in [0.2, 0.25) is 0 Å². The average Bonchev–Trinajstić information content (AvgIpc) is 2.74. The van der Waals surface area contributed by atoms with Crippen LogP contribution >= 0.6 is 11.6 Å². The quantitative estimate of drug-likeness (QED) is 0.697. The van der Waals surface area contributed by atoms with Crippen LogP contribution in [0, 0.1) is 6.92 Å². The van der Waals surface area contributed by atoms with Crippen molar-refractivity contribution < 1.29 is 19.4 Å². The Labute approximate surface area is 176 Å². The van der Waals surface area contributed by atoms with E-state index in [1.54, 1.807) is 24.3 Å². The molecule has 1 aliphatic rings. The number of hydrogen-bond acceptors (Lipinski definition) is 6. The highest BCUT2D eigenvalue weighted by Crippen LogP contribution is 2.25. The van der Waals surface area contributed by atoms with Gasteiger partial charge in [-0.15, -0.1) is 0 Å². The van der Waals surface area contributed by atoms with Gasteiger partial charge in [0.05, 0.1) is 12.7 Å². The monoisotopic (exact) mass is 418 g/mol. The molecule has 0 radical (unpaired) electrons. The Morgan fingerprint density at radius 2 is 1.83 bits per heavy atom. The van der Waals surface area contributed by atoms with Crippen molar-refractivity contribution in [3.8, 4) is 5.75 Å². The summed E-state index contributed by atoms with van der Waals surface area (Å²) in [6.45, 7) is 6.38. The van der Waals surface area contributed by atoms with Crippen LogP contribution in [0.4, 0.5) is 5.69 Å². The summed E-state index contributed by atoms with van der Waals surface area (Å²) in [5.41, 5.74) is 2.86. The van der Waals surface area contributed by atoms with Gasteiger partial charge in [-0.1, -0.05) is 17.7 Å². The molecular weight excluding hydrogens is 392 g/mol. The minimum atomic E-state index is -0.588. The second-order valence-electron chi connectivity index (χ2n) is 7.20. The Morgan fingerprint density at radius 1 is 1.14 bits per heavy atom. The number of aryl methyl sites for hydroxylation is 1. The summed E-state index contributed by atoms with van der Waals surface area (Å²) in [5.74, 6) is 0.224. The van der Waals surface area contributed by atoms with Crippen molar-refractivity contribution >= 4 is 23.3 Å². The summed E-state index contributed by atoms with van der Waals surface area (Å²) in [5, 5.41) is 11.1. The summed E-state index contributed by atoms with van der Waals surface area (Å²) < 4.78 is 10.3. The molecule has 1 heterocycles. The molecule has 0 bridgehead atoms. The molecule has 7 heteroatoms. The fourth-order valence-electron chi connectivity index (χ4n) is 3.44. The summed E-state index contributed by atoms with van der Waals surface area (Å²) >= 11 is 6.14. The Bertz CT molecular complexity index is 820. The fraction of sp³-hybridized carbons (Fsp3) is 0.409. The van der Waals surface area contributed by atoms with E-state index in [9.17, 15) is 9.90 Å². The molecule has 156 valence electrons. The van der Waals surface area contributed by atoms with E-state index < -0.39 is 6.10 Å². The van der Waals surface area contributed by atoms with Crippen LogP contribution in [0.1, 0.15) is 15.9 Å². The van der Waals surface area contributed by atoms with Gasteiger partial charge < -0.3 is 19.5 Å². The van der Waals surface area contributed by atoms with Crippen molar-refractivity contribution in [1.82, 2.24) is 4.90 Å². The zero-order valence-electron chi connectivity index (χ0n) is 16.8. The second-order valence-corrected chi connectivity index (χ2v) is 7.64. The first-order chi connectivity index (χ1) is 14.0. The van der Waals surface area contributed by atoms with Crippen molar-refractivity contribution in [2.75, 3.05) is 51.3 Å². The number of nitrogens with zero attached hydrogens (tertiary/aromatic N) is 2. The minimum Gasteiger partial charge on any atom is -0.491 e. The molecule has 2 aromatic rings. The molecule has 0 amide bonds. The molecule has 1 atom stereocenters. The maximum Gasteiger partial charge on any atom is 0.337 e. The molecule has 1 saturated heterocycles. The zero-order chi connectivity index (χ0) is 20.8. The van der Waals surface area contributed by atoms with Crippen LogP contribution in [0.3, 0.4) is 0 Å². The summed E-state index contributed by atoms with van der Waals surface area (Å²) in [6.07, 6.45) is -0.588. The maximum absolute atomic E-state index is 11.4. The molecule has 0 saturated carbocycles. The molecular formula is C22H27ClN2O4. The number of anilines is 1. The van der Waals surface area contributed by atoms with Crippen LogP contribution in [0.25, 0.3) is 0 Å². The van der Waals surface area contributed by atoms with Crippen LogP contribution < -0.4 is 9.64 Å². The highest BCUT2D eigenvalue weighted by atomic mass is 35.5. The van der Waals surface area contributed by atoms with E-state index in [1.165, 1.54) is 18.4 Å². The number of piperazine rings is 1. The van der Waals surface area contributed by atoms with E-state index in [-0.39, 0.29) is 12.6 Å². The van der Waals surface area contributed by atoms with E-state index in [1.807, 2.05) is 18.2 Å². The number of aliphatic hydroxyl groups is 1. The van der Waals surface area contributed by atoms with Crippen molar-refractivity contribution in [2.24, 2.45) is 0 Å². The number of hydrogen-bond donors (Lipinski definition) is 1. The molecule has 1 N–H and O–H groups in total. The number of benzene rings is 2. The zero-order valence-corrected chi connectivity index (χ0v) is 17.6. The van der Waals surface area contributed by atoms with Gasteiger partial charge in [-0.25, -0.2) is 4.79 Å². The number of esters is 1. The van der Waals surface area contributed by atoms with Gasteiger partial charge in [0.25, 0.3) is 0 Å². The van der Waals surface area contributed by atoms with Crippen LogP contribution in [-0.4, -0.2) is 68.5 Å². The summed E-state index contributed by atoms with van der Waals surface area (Å²) in [7, 11) is 1.35. The molecule has 0 spiro atoms. The Kier molecular flexibility index (Phi) is 7.36. The molecule has 29 heavy (non-hydrogen) atoms. The van der Waals surface area contributed by atoms with Gasteiger partial charge in [0, 0.05) is 43.4 Å². The number of rotatable bonds is 7. The summed E-state index contributed by atoms with van der Waals surface area (Å²) in [4.78, 5) is 16.0. The smallest absolute Gasteiger partial charge is 0.337 e. The van der Waals surface area contributed by atoms with Crippen LogP contribution in [-0.2, 0) is 4.74 Å². The minimum absolute atomic E-state index is 0.200. The third-order valence-electron chi connectivity index (χ3n) is 5.07. The van der Waals surface area contributed by atoms with Crippen LogP contribution in [0.2, 0.25) is 5.02 Å². The molecule has 0 aliphatic carbocycles. The molecule has 6 nitrogen and oxygen atoms in total. The van der Waals surface area contributed by atoms with Gasteiger partial charge in [-0.05, 0) is 48.9 Å². The number of carbonyl (C=O) groups excluding carboxylic acids is 1. The topological polar surface area (TPSA) is 62.2 Å². The van der Waals surface area contributed by atoms with E-state index in [0.29, 0.717) is 17.9 Å². The number of β-amino-alcohol motifs (C(OH)–C–C–N with tert-alkyl or cyclic N) is 1. The first-order valence-electron chi connectivity index (χ1n) is 9.69. The molecule has 1 fully saturated rings. The Morgan fingerprint density at radius 3 is 2.48 bits per heavy atom. The number of aliphatic hydroxyl groups excluding tert-OH is 1. The normalized spacial score (nSPS) is 15.8. The lowest BCUT2D eigenvalue weighted by Gasteiger charge is -2.37. The SMILES string of the molecule is COC(=O)c1ccc(OC[C@H](O)CN2CCN(c3cc(Cl)ccc3C)CC2)cc1. The van der Waals surface area contributed by atoms with E-state index in [4.69, 9.17) is 16.3 Å². The number of ether oxygens (including phenoxy) is 2. The highest BCUT2D eigenvalue weighted by molar-refractivity contribution is 6.30. The highest BCUT2D eigenvalue weighted by Gasteiger charge is 2.21. The lowest BCUT2D eigenvalue weighted by Crippen LogP contribution is -2.49. The van der Waals surface area contributed by atoms with E-state index >= 15 is 0 Å². The third-order valence-corrected chi connectivity index (χ3v) is 5.31. The maximum atomic E-state index is 11.4. The first-order valence-corrected chi connectivity index (χ1v) is 10.1. The number of carbonyl (C=O) groups is 1. The lowest BCUT2D eigenvalue weighted by atomic mass is 10.1. The van der Waals surface area contributed by atoms with Crippen molar-refractivity contribution in [2.45, 2.75) is 13.0 Å². The van der Waals surface area contributed by atoms with Gasteiger partial charge in [-0.3, -0.25) is 4.90 Å². The number of halogens is 1. The fourth-order valence-corrected chi connectivity index (χ4v) is 3.61. The third kappa shape index (κ3) is 5.85. The van der Waals surface area contributed by atoms with Gasteiger partial charge >= 0.3 is 5.97 Å². The van der Waals surface area contributed by atoms with Crippen LogP contribution in [0.15, 0.2) is 42.5 Å². The Balaban J connectivity index is 1.43. The van der Waals surface area contributed by atoms with E-state index in [2.05, 4.69) is 21.5 Å². The van der Waals surface area contributed by atoms with Crippen LogP contribution in [0.5, 0.6) is 5.75 Å². The predicted molar refractivity (Wildman–Crippen MR) is 114 cm³/mol. The standard InChI is InChI=1S/C22H27ClN2O4/c1-16-3-6-18(23)13-21(16)25-11-9-24(10-12-25)14-19(26)15-29-20-7-4-17(5-8-20)22(27)28-2/h3-8,13,19,26H,9-12,14-15H2,1-2H3/t19-/m1/s1. The second kappa shape index (κ2) is 9.96. The van der Waals surface area contributed by atoms with Gasteiger partial charge in [0.15, 0.2) is 0 Å². The van der Waals surface area contributed by atoms with Gasteiger partial charge in [0.1, 0.15) is 18.5 Å². The molecule has 3 rings (SSSR count). The average molecular weight is 419 g/mol. The molecule has 0 unspecified atom stereocenters. The van der Waals surface area contributed by atoms with Crippen molar-refractivity contribution in [1.29, 1.82) is 0 Å². The van der Waals surface area contributed by atoms with Crippen molar-refractivity contribution in [3.05, 3.63) is 58.6 Å². The van der Waals surface area contributed by atoms with E-state index in [0.717, 1.165) is 31.2 Å². The van der Waals surface area contributed by atoms with Gasteiger partial charge in [-0.2, -0.15) is 0 Å². The lowest BCUT2D eigenvalue weighted by molar-refractivity contribution is 0.0599. The predicted octanol–water partition coefficient (Wildman–Crippen LogP) is 3.00. The first kappa shape index (κ1) is 21.4. The molecule has 2 aromatic carbocycles. The molecule has 0 aromatic heterocycles. The Hall–Kier alpha value is -2.28. The molecule has 1 aliphatic heterocycles.